The second-order valence-corrected chi connectivity index (χ2v) is 12.5. The normalized spacial score (nSPS) is 9.75. The van der Waals surface area contributed by atoms with E-state index < -0.39 is 10.2 Å². The topological polar surface area (TPSA) is 227 Å². The molecule has 1 radical (unpaired) electrons. The summed E-state index contributed by atoms with van der Waals surface area (Å²) >= 11 is 36.0. The summed E-state index contributed by atoms with van der Waals surface area (Å²) in [6, 6.07) is 5.94. The third-order valence-electron chi connectivity index (χ3n) is 6.12. The van der Waals surface area contributed by atoms with Gasteiger partial charge in [0.05, 0.1) is 43.4 Å². The fourth-order valence-corrected chi connectivity index (χ4v) is 5.92. The van der Waals surface area contributed by atoms with Crippen LogP contribution in [0.5, 0.6) is 11.5 Å². The quantitative estimate of drug-likeness (QED) is 0.0738. The van der Waals surface area contributed by atoms with Crippen LogP contribution in [0.15, 0.2) is 61.7 Å². The monoisotopic (exact) mass is 937 g/mol. The summed E-state index contributed by atoms with van der Waals surface area (Å²) in [6.45, 7) is 6.57. The van der Waals surface area contributed by atoms with Gasteiger partial charge in [-0.1, -0.05) is 83.5 Å². The molecule has 4 aromatic rings. The molecule has 0 N–H and O–H groups in total. The minimum atomic E-state index is -1.75. The van der Waals surface area contributed by atoms with Crippen molar-refractivity contribution in [3.8, 4) is 11.5 Å². The maximum absolute atomic E-state index is 12.3. The smallest absolute Gasteiger partial charge is 0.489 e. The number of benzene rings is 2. The third-order valence-corrected chi connectivity index (χ3v) is 7.68. The third kappa shape index (κ3) is 20.0. The average Bonchev–Trinajstić information content (AvgIpc) is 3.81. The van der Waals surface area contributed by atoms with E-state index in [1.54, 1.807) is 58.9 Å². The molecule has 2 aromatic heterocycles. The van der Waals surface area contributed by atoms with Crippen molar-refractivity contribution in [3.05, 3.63) is 122 Å². The first-order chi connectivity index (χ1) is 25.5. The number of hydrogen-bond donors (Lipinski definition) is 0. The summed E-state index contributed by atoms with van der Waals surface area (Å²) in [7, 11) is 0. The van der Waals surface area contributed by atoms with E-state index in [1.165, 1.54) is 21.8 Å². The van der Waals surface area contributed by atoms with E-state index in [0.717, 1.165) is 12.8 Å². The van der Waals surface area contributed by atoms with Crippen molar-refractivity contribution in [1.29, 1.82) is 0 Å². The van der Waals surface area contributed by atoms with Crippen LogP contribution in [0.3, 0.4) is 0 Å². The van der Waals surface area contributed by atoms with Crippen LogP contribution in [-0.2, 0) is 17.1 Å². The van der Waals surface area contributed by atoms with E-state index in [-0.39, 0.29) is 42.3 Å². The molecule has 25 heteroatoms. The Balaban J connectivity index is 0.000000874. The molecule has 2 heterocycles. The molecule has 305 valence electrons. The Morgan fingerprint density at radius 3 is 1.16 bits per heavy atom. The van der Waals surface area contributed by atoms with Crippen molar-refractivity contribution in [1.82, 2.24) is 28.9 Å². The van der Waals surface area contributed by atoms with Gasteiger partial charge in [-0.3, -0.25) is 9.13 Å². The second kappa shape index (κ2) is 27.6. The van der Waals surface area contributed by atoms with E-state index in [2.05, 4.69) is 9.97 Å². The number of imidazole rings is 2. The van der Waals surface area contributed by atoms with Crippen molar-refractivity contribution >= 4 is 81.7 Å². The molecule has 0 fully saturated rings. The number of carbonyl (C=O) groups is 2. The van der Waals surface area contributed by atoms with Gasteiger partial charge >= 0.3 is 29.1 Å². The van der Waals surface area contributed by atoms with Crippen molar-refractivity contribution in [2.45, 2.75) is 26.7 Å². The molecular formula is C30H32Cl6CuN8O10. The molecule has 2 aromatic carbocycles. The molecule has 55 heavy (non-hydrogen) atoms. The Labute approximate surface area is 355 Å². The van der Waals surface area contributed by atoms with Crippen LogP contribution in [0.2, 0.25) is 30.1 Å². The largest absolute Gasteiger partial charge is 2.00 e. The van der Waals surface area contributed by atoms with Crippen LogP contribution in [0, 0.1) is 30.6 Å². The molecule has 0 spiro atoms. The first-order valence-corrected chi connectivity index (χ1v) is 17.5. The SMILES string of the molecule is CCCN(CCOc1c(Cl)cc(Cl)cc1Cl)C(=O)n1ccnc1.CCCN(CCOc1c(Cl)cc(Cl)cc1Cl)C(=O)n1ccnc1.O=[N+]([O-])[O-].O=[N+]([O-])[O-].[Cu+2]. The van der Waals surface area contributed by atoms with Crippen molar-refractivity contribution in [2.75, 3.05) is 39.4 Å². The Hall–Kier alpha value is -3.94. The summed E-state index contributed by atoms with van der Waals surface area (Å²) in [5.41, 5.74) is 0. The van der Waals surface area contributed by atoms with Gasteiger partial charge in [0.2, 0.25) is 0 Å². The van der Waals surface area contributed by atoms with Gasteiger partial charge in [0, 0.05) is 47.9 Å². The fourth-order valence-electron chi connectivity index (χ4n) is 4.07. The van der Waals surface area contributed by atoms with Gasteiger partial charge < -0.3 is 49.9 Å². The van der Waals surface area contributed by atoms with Crippen LogP contribution in [-0.4, -0.2) is 90.5 Å². The number of nitrogens with zero attached hydrogens (tertiary/aromatic N) is 8. The predicted octanol–water partition coefficient (Wildman–Crippen LogP) is 8.72. The minimum Gasteiger partial charge on any atom is -0.489 e. The molecule has 0 aliphatic carbocycles. The number of carbonyl (C=O) groups excluding carboxylic acids is 2. The number of aromatic nitrogens is 4. The summed E-state index contributed by atoms with van der Waals surface area (Å²) in [6.07, 6.45) is 11.0. The Bertz CT molecular complexity index is 1600. The van der Waals surface area contributed by atoms with Gasteiger partial charge in [-0.2, -0.15) is 0 Å². The first-order valence-electron chi connectivity index (χ1n) is 15.2. The summed E-state index contributed by atoms with van der Waals surface area (Å²) in [5.74, 6) is 0.730. The van der Waals surface area contributed by atoms with Gasteiger partial charge in [-0.25, -0.2) is 19.6 Å². The van der Waals surface area contributed by atoms with Crippen molar-refractivity contribution in [3.63, 3.8) is 0 Å². The Morgan fingerprint density at radius 1 is 0.636 bits per heavy atom. The van der Waals surface area contributed by atoms with E-state index in [0.29, 0.717) is 67.8 Å². The van der Waals surface area contributed by atoms with E-state index in [9.17, 15) is 9.59 Å². The number of hydrogen-bond acceptors (Lipinski definition) is 12. The van der Waals surface area contributed by atoms with Gasteiger partial charge in [-0.15, -0.1) is 0 Å². The van der Waals surface area contributed by atoms with Crippen LogP contribution in [0.4, 0.5) is 9.59 Å². The molecule has 0 atom stereocenters. The van der Waals surface area contributed by atoms with Crippen LogP contribution < -0.4 is 9.47 Å². The average molecular weight is 941 g/mol. The fraction of sp³-hybridized carbons (Fsp3) is 0.333. The predicted molar refractivity (Wildman–Crippen MR) is 204 cm³/mol. The van der Waals surface area contributed by atoms with E-state index in [1.807, 2.05) is 13.8 Å². The maximum atomic E-state index is 12.3. The molecule has 0 unspecified atom stereocenters. The summed E-state index contributed by atoms with van der Waals surface area (Å²) in [4.78, 5) is 52.3. The zero-order valence-electron chi connectivity index (χ0n) is 28.7. The maximum Gasteiger partial charge on any atom is 2.00 e. The zero-order valence-corrected chi connectivity index (χ0v) is 34.1. The van der Waals surface area contributed by atoms with Crippen LogP contribution in [0.1, 0.15) is 26.7 Å². The van der Waals surface area contributed by atoms with E-state index in [4.69, 9.17) is 110 Å². The molecule has 0 aliphatic rings. The van der Waals surface area contributed by atoms with Gasteiger partial charge in [0.15, 0.2) is 11.5 Å². The molecule has 0 saturated carbocycles. The Morgan fingerprint density at radius 2 is 0.927 bits per heavy atom. The van der Waals surface area contributed by atoms with E-state index >= 15 is 0 Å². The number of rotatable bonds is 12. The molecule has 2 amide bonds. The standard InChI is InChI=1S/2C15H16Cl3N3O2.Cu.2NO3/c2*1-2-4-20(15(22)21-5-3-19-10-21)6-7-23-14-12(17)8-11(16)9-13(14)18;;2*2-1(3)4/h2*3,5,8-10H,2,4,6-7H2,1H3;;;/q;;+2;2*-1. The molecule has 4 rings (SSSR count). The second-order valence-electron chi connectivity index (χ2n) is 10.0. The molecule has 0 bridgehead atoms. The van der Waals surface area contributed by atoms with Gasteiger partial charge in [0.1, 0.15) is 25.9 Å². The molecule has 0 aliphatic heterocycles. The van der Waals surface area contributed by atoms with Crippen molar-refractivity contribution < 1.29 is 46.3 Å². The Kier molecular flexibility index (Phi) is 25.6. The van der Waals surface area contributed by atoms with Crippen LogP contribution in [0.25, 0.3) is 0 Å². The molecule has 18 nitrogen and oxygen atoms in total. The van der Waals surface area contributed by atoms with Gasteiger partial charge in [-0.05, 0) is 37.1 Å². The van der Waals surface area contributed by atoms with Crippen molar-refractivity contribution in [2.24, 2.45) is 0 Å². The van der Waals surface area contributed by atoms with Gasteiger partial charge in [0.25, 0.3) is 0 Å². The summed E-state index contributed by atoms with van der Waals surface area (Å²) in [5, 5.41) is 31.7. The molecular weight excluding hydrogens is 909 g/mol. The summed E-state index contributed by atoms with van der Waals surface area (Å²) < 4.78 is 14.1. The first kappa shape index (κ1) is 51.1. The molecule has 0 saturated heterocycles. The van der Waals surface area contributed by atoms with Crippen LogP contribution >= 0.6 is 69.6 Å². The number of amides is 2. The number of ether oxygens (including phenoxy) is 2. The minimum absolute atomic E-state index is 0. The zero-order chi connectivity index (χ0) is 40.8. The number of halogens is 6.